The Bertz CT molecular complexity index is 1020. The predicted molar refractivity (Wildman–Crippen MR) is 85.8 cm³/mol. The van der Waals surface area contributed by atoms with Crippen LogP contribution in [-0.4, -0.2) is 20.4 Å². The van der Waals surface area contributed by atoms with Gasteiger partial charge in [0.2, 0.25) is 0 Å². The summed E-state index contributed by atoms with van der Waals surface area (Å²) >= 11 is 0. The van der Waals surface area contributed by atoms with Gasteiger partial charge in [-0.25, -0.2) is 14.5 Å². The first kappa shape index (κ1) is 13.6. The van der Waals surface area contributed by atoms with E-state index < -0.39 is 6.04 Å². The predicted octanol–water partition coefficient (Wildman–Crippen LogP) is 1.89. The molecule has 1 N–H and O–H groups in total. The van der Waals surface area contributed by atoms with Gasteiger partial charge in [0.05, 0.1) is 22.5 Å². The fourth-order valence-electron chi connectivity index (χ4n) is 2.90. The van der Waals surface area contributed by atoms with Gasteiger partial charge in [0.25, 0.3) is 11.5 Å². The number of carbonyl (C=O) groups excluding carboxylic acids is 1. The Morgan fingerprint density at radius 3 is 2.87 bits per heavy atom. The molecule has 23 heavy (non-hydrogen) atoms. The van der Waals surface area contributed by atoms with Gasteiger partial charge in [0.15, 0.2) is 5.82 Å². The molecule has 1 atom stereocenters. The van der Waals surface area contributed by atoms with E-state index >= 15 is 0 Å². The normalized spacial score (nSPS) is 16.4. The highest BCUT2D eigenvalue weighted by Crippen LogP contribution is 2.23. The van der Waals surface area contributed by atoms with Gasteiger partial charge >= 0.3 is 0 Å². The molecule has 1 aromatic carbocycles. The second-order valence-electron chi connectivity index (χ2n) is 5.70. The number of amides is 1. The smallest absolute Gasteiger partial charge is 0.267 e. The number of hydrogen-bond donors (Lipinski definition) is 1. The lowest BCUT2D eigenvalue weighted by atomic mass is 10.1. The van der Waals surface area contributed by atoms with E-state index in [1.807, 2.05) is 26.0 Å². The molecule has 1 unspecified atom stereocenters. The van der Waals surface area contributed by atoms with Gasteiger partial charge in [-0.05, 0) is 43.7 Å². The van der Waals surface area contributed by atoms with Crippen molar-refractivity contribution in [1.82, 2.24) is 19.9 Å². The van der Waals surface area contributed by atoms with E-state index in [4.69, 9.17) is 0 Å². The first-order valence-corrected chi connectivity index (χ1v) is 7.36. The van der Waals surface area contributed by atoms with Crippen LogP contribution >= 0.6 is 0 Å². The Labute approximate surface area is 131 Å². The maximum absolute atomic E-state index is 13.0. The summed E-state index contributed by atoms with van der Waals surface area (Å²) < 4.78 is 1.44. The number of carbonyl (C=O) groups is 1. The van der Waals surface area contributed by atoms with Gasteiger partial charge < -0.3 is 5.32 Å². The zero-order valence-corrected chi connectivity index (χ0v) is 12.7. The summed E-state index contributed by atoms with van der Waals surface area (Å²) in [6.45, 7) is 3.76. The van der Waals surface area contributed by atoms with Crippen LogP contribution in [0.25, 0.3) is 16.7 Å². The van der Waals surface area contributed by atoms with Crippen LogP contribution in [0.3, 0.4) is 0 Å². The van der Waals surface area contributed by atoms with Crippen molar-refractivity contribution in [1.29, 1.82) is 0 Å². The number of rotatable bonds is 0. The van der Waals surface area contributed by atoms with Crippen molar-refractivity contribution in [2.45, 2.75) is 19.9 Å². The lowest BCUT2D eigenvalue weighted by Gasteiger charge is -2.15. The molecular weight excluding hydrogens is 292 g/mol. The number of nitrogens with zero attached hydrogens (tertiary/aromatic N) is 3. The van der Waals surface area contributed by atoms with E-state index in [9.17, 15) is 9.59 Å². The van der Waals surface area contributed by atoms with E-state index in [1.54, 1.807) is 24.4 Å². The van der Waals surface area contributed by atoms with Crippen molar-refractivity contribution >= 4 is 16.8 Å². The van der Waals surface area contributed by atoms with E-state index in [1.165, 1.54) is 4.57 Å². The Kier molecular flexibility index (Phi) is 2.81. The summed E-state index contributed by atoms with van der Waals surface area (Å²) in [5, 5.41) is 3.37. The minimum Gasteiger partial charge on any atom is -0.342 e. The van der Waals surface area contributed by atoms with E-state index in [2.05, 4.69) is 15.3 Å². The van der Waals surface area contributed by atoms with Crippen molar-refractivity contribution in [3.05, 3.63) is 63.8 Å². The molecule has 1 aliphatic rings. The average Bonchev–Trinajstić information content (AvgIpc) is 2.63. The maximum atomic E-state index is 13.0. The fraction of sp³-hybridized carbons (Fsp3) is 0.176. The number of fused-ring (bicyclic) bond motifs is 4. The molecule has 0 spiro atoms. The molecule has 3 heterocycles. The van der Waals surface area contributed by atoms with E-state index in [0.29, 0.717) is 28.1 Å². The first-order chi connectivity index (χ1) is 11.1. The van der Waals surface area contributed by atoms with Crippen molar-refractivity contribution in [3.8, 4) is 5.82 Å². The Morgan fingerprint density at radius 1 is 1.22 bits per heavy atom. The summed E-state index contributed by atoms with van der Waals surface area (Å²) in [6, 6.07) is 8.45. The van der Waals surface area contributed by atoms with Crippen LogP contribution in [0.2, 0.25) is 0 Å². The van der Waals surface area contributed by atoms with Crippen molar-refractivity contribution in [2.75, 3.05) is 0 Å². The summed E-state index contributed by atoms with van der Waals surface area (Å²) in [7, 11) is 0. The quantitative estimate of drug-likeness (QED) is 0.688. The van der Waals surface area contributed by atoms with Crippen molar-refractivity contribution < 1.29 is 4.79 Å². The lowest BCUT2D eigenvalue weighted by molar-refractivity contribution is 0.0941. The van der Waals surface area contributed by atoms with Crippen molar-refractivity contribution in [3.63, 3.8) is 0 Å². The molecule has 2 aromatic heterocycles. The third kappa shape index (κ3) is 1.95. The molecule has 6 heteroatoms. The summed E-state index contributed by atoms with van der Waals surface area (Å²) in [5.41, 5.74) is 1.81. The number of pyridine rings is 1. The Morgan fingerprint density at radius 2 is 2.04 bits per heavy atom. The van der Waals surface area contributed by atoms with Gasteiger partial charge in [-0.1, -0.05) is 6.07 Å². The zero-order valence-electron chi connectivity index (χ0n) is 12.7. The Balaban J connectivity index is 2.18. The van der Waals surface area contributed by atoms with Gasteiger partial charge in [-0.2, -0.15) is 0 Å². The number of nitrogens with one attached hydrogen (secondary N) is 1. The van der Waals surface area contributed by atoms with Crippen LogP contribution in [0.4, 0.5) is 0 Å². The third-order valence-electron chi connectivity index (χ3n) is 4.03. The monoisotopic (exact) mass is 306 g/mol. The molecule has 0 saturated heterocycles. The number of aromatic nitrogens is 3. The molecule has 114 valence electrons. The molecule has 1 amide bonds. The third-order valence-corrected chi connectivity index (χ3v) is 4.03. The molecule has 6 nitrogen and oxygen atoms in total. The molecule has 0 aliphatic carbocycles. The van der Waals surface area contributed by atoms with Crippen LogP contribution in [0, 0.1) is 6.92 Å². The standard InChI is InChI=1S/C17H14N4O2/c1-9-5-6-11-13(8-9)20-14-10(2)19-16(22)12-4-3-7-18-15(12)21(14)17(11)23/h3-8,10H,1-2H3,(H,19,22). The Hall–Kier alpha value is -3.02. The lowest BCUT2D eigenvalue weighted by Crippen LogP contribution is -2.28. The second-order valence-corrected chi connectivity index (χ2v) is 5.70. The minimum atomic E-state index is -0.394. The van der Waals surface area contributed by atoms with E-state index in [0.717, 1.165) is 5.56 Å². The topological polar surface area (TPSA) is 76.9 Å². The largest absolute Gasteiger partial charge is 0.342 e. The van der Waals surface area contributed by atoms with Gasteiger partial charge in [0, 0.05) is 6.20 Å². The SMILES string of the molecule is Cc1ccc2c(=O)n3c(nc2c1)C(C)NC(=O)c1cccnc1-3. The average molecular weight is 306 g/mol. The molecular formula is C17H14N4O2. The van der Waals surface area contributed by atoms with Crippen LogP contribution in [0.5, 0.6) is 0 Å². The molecule has 3 aromatic rings. The molecule has 0 bridgehead atoms. The van der Waals surface area contributed by atoms with Gasteiger partial charge in [-0.15, -0.1) is 0 Å². The molecule has 0 radical (unpaired) electrons. The number of aryl methyl sites for hydroxylation is 1. The molecule has 4 rings (SSSR count). The highest BCUT2D eigenvalue weighted by atomic mass is 16.2. The van der Waals surface area contributed by atoms with Gasteiger partial charge in [0.1, 0.15) is 5.82 Å². The van der Waals surface area contributed by atoms with Crippen LogP contribution < -0.4 is 10.9 Å². The van der Waals surface area contributed by atoms with Crippen LogP contribution in [0.15, 0.2) is 41.3 Å². The second kappa shape index (κ2) is 4.74. The van der Waals surface area contributed by atoms with E-state index in [-0.39, 0.29) is 11.5 Å². The number of benzene rings is 1. The molecule has 0 saturated carbocycles. The van der Waals surface area contributed by atoms with Crippen LogP contribution in [0.1, 0.15) is 34.7 Å². The maximum Gasteiger partial charge on any atom is 0.267 e. The van der Waals surface area contributed by atoms with Crippen LogP contribution in [-0.2, 0) is 0 Å². The summed E-state index contributed by atoms with van der Waals surface area (Å²) in [5.74, 6) is 0.550. The highest BCUT2D eigenvalue weighted by molar-refractivity contribution is 5.98. The highest BCUT2D eigenvalue weighted by Gasteiger charge is 2.27. The van der Waals surface area contributed by atoms with Gasteiger partial charge in [-0.3, -0.25) is 9.59 Å². The summed E-state index contributed by atoms with van der Waals surface area (Å²) in [4.78, 5) is 34.2. The zero-order chi connectivity index (χ0) is 16.1. The first-order valence-electron chi connectivity index (χ1n) is 7.36. The fourth-order valence-corrected chi connectivity index (χ4v) is 2.90. The molecule has 0 fully saturated rings. The minimum absolute atomic E-state index is 0.215. The molecule has 1 aliphatic heterocycles. The van der Waals surface area contributed by atoms with Crippen molar-refractivity contribution in [2.24, 2.45) is 0 Å². The summed E-state index contributed by atoms with van der Waals surface area (Å²) in [6.07, 6.45) is 1.57. The number of hydrogen-bond acceptors (Lipinski definition) is 4.